The highest BCUT2D eigenvalue weighted by Crippen LogP contribution is 1.99. The van der Waals surface area contributed by atoms with Crippen LogP contribution in [0.15, 0.2) is 0 Å². The third-order valence-corrected chi connectivity index (χ3v) is 1.91. The van der Waals surface area contributed by atoms with Crippen molar-refractivity contribution < 1.29 is 9.53 Å². The number of hydrogen-bond acceptors (Lipinski definition) is 2. The maximum Gasteiger partial charge on any atom is 0.410 e. The van der Waals surface area contributed by atoms with Crippen molar-refractivity contribution in [1.29, 1.82) is 0 Å². The molecule has 0 saturated carbocycles. The van der Waals surface area contributed by atoms with Crippen LogP contribution >= 0.6 is 11.6 Å². The van der Waals surface area contributed by atoms with E-state index in [0.717, 1.165) is 19.3 Å². The Morgan fingerprint density at radius 3 is 2.54 bits per heavy atom. The van der Waals surface area contributed by atoms with Gasteiger partial charge in [-0.3, -0.25) is 4.90 Å². The van der Waals surface area contributed by atoms with E-state index in [1.807, 2.05) is 6.92 Å². The molecule has 0 aliphatic carbocycles. The van der Waals surface area contributed by atoms with Crippen LogP contribution in [-0.2, 0) is 4.74 Å². The maximum absolute atomic E-state index is 11.3. The Morgan fingerprint density at radius 2 is 2.08 bits per heavy atom. The van der Waals surface area contributed by atoms with Crippen molar-refractivity contribution in [3.63, 3.8) is 0 Å². The van der Waals surface area contributed by atoms with Crippen LogP contribution in [0, 0.1) is 0 Å². The first-order chi connectivity index (χ1) is 6.26. The zero-order valence-electron chi connectivity index (χ0n) is 8.38. The molecule has 1 amide bonds. The lowest BCUT2D eigenvalue weighted by Crippen LogP contribution is -2.31. The second-order valence-electron chi connectivity index (χ2n) is 2.85. The first-order valence-electron chi connectivity index (χ1n) is 4.73. The lowest BCUT2D eigenvalue weighted by Gasteiger charge is -2.18. The predicted molar refractivity (Wildman–Crippen MR) is 54.0 cm³/mol. The third kappa shape index (κ3) is 5.75. The van der Waals surface area contributed by atoms with Crippen molar-refractivity contribution in [3.05, 3.63) is 0 Å². The first-order valence-corrected chi connectivity index (χ1v) is 5.27. The molecule has 0 aromatic carbocycles. The molecule has 3 nitrogen and oxygen atoms in total. The van der Waals surface area contributed by atoms with Gasteiger partial charge in [0.05, 0.1) is 12.6 Å². The fourth-order valence-electron chi connectivity index (χ4n) is 0.865. The molecule has 0 radical (unpaired) electrons. The molecule has 0 bridgehead atoms. The van der Waals surface area contributed by atoms with E-state index in [1.165, 1.54) is 4.90 Å². The summed E-state index contributed by atoms with van der Waals surface area (Å²) in [5.41, 5.74) is 0. The maximum atomic E-state index is 11.3. The van der Waals surface area contributed by atoms with Crippen LogP contribution in [0.3, 0.4) is 0 Å². The van der Waals surface area contributed by atoms with Gasteiger partial charge >= 0.3 is 6.09 Å². The Bertz CT molecular complexity index is 142. The number of alkyl halides is 1. The number of amides is 1. The number of nitrogens with zero attached hydrogens (tertiary/aromatic N) is 1. The van der Waals surface area contributed by atoms with Crippen molar-refractivity contribution in [1.82, 2.24) is 4.90 Å². The SMILES string of the molecule is CCCCOC(=O)N(CCl)CCC. The van der Waals surface area contributed by atoms with Crippen LogP contribution < -0.4 is 0 Å². The van der Waals surface area contributed by atoms with E-state index < -0.39 is 0 Å². The number of hydrogen-bond donors (Lipinski definition) is 0. The summed E-state index contributed by atoms with van der Waals surface area (Å²) in [6, 6.07) is 0.207. The second-order valence-corrected chi connectivity index (χ2v) is 3.09. The third-order valence-electron chi connectivity index (χ3n) is 1.62. The summed E-state index contributed by atoms with van der Waals surface area (Å²) in [6.45, 7) is 5.21. The number of ether oxygens (including phenoxy) is 1. The summed E-state index contributed by atoms with van der Waals surface area (Å²) >= 11 is 5.58. The summed E-state index contributed by atoms with van der Waals surface area (Å²) in [5, 5.41) is 0. The summed E-state index contributed by atoms with van der Waals surface area (Å²) in [7, 11) is 0. The Labute approximate surface area is 85.0 Å². The minimum Gasteiger partial charge on any atom is -0.449 e. The largest absolute Gasteiger partial charge is 0.449 e. The smallest absolute Gasteiger partial charge is 0.410 e. The molecule has 0 N–H and O–H groups in total. The molecule has 0 rings (SSSR count). The zero-order chi connectivity index (χ0) is 10.1. The Balaban J connectivity index is 3.64. The molecule has 0 saturated heterocycles. The lowest BCUT2D eigenvalue weighted by atomic mass is 10.4. The van der Waals surface area contributed by atoms with E-state index >= 15 is 0 Å². The van der Waals surface area contributed by atoms with E-state index in [1.54, 1.807) is 0 Å². The predicted octanol–water partition coefficient (Wildman–Crippen LogP) is 2.83. The molecule has 0 aliphatic heterocycles. The van der Waals surface area contributed by atoms with Gasteiger partial charge in [0.15, 0.2) is 0 Å². The zero-order valence-corrected chi connectivity index (χ0v) is 9.14. The minimum absolute atomic E-state index is 0.207. The van der Waals surface area contributed by atoms with Crippen molar-refractivity contribution in [3.8, 4) is 0 Å². The topological polar surface area (TPSA) is 29.5 Å². The second kappa shape index (κ2) is 8.17. The molecular weight excluding hydrogens is 190 g/mol. The molecule has 0 aromatic rings. The molecule has 0 unspecified atom stereocenters. The van der Waals surface area contributed by atoms with Crippen LogP contribution in [0.2, 0.25) is 0 Å². The van der Waals surface area contributed by atoms with Crippen molar-refractivity contribution >= 4 is 17.7 Å². The van der Waals surface area contributed by atoms with Crippen molar-refractivity contribution in [2.24, 2.45) is 0 Å². The Hall–Kier alpha value is -0.440. The molecule has 0 aromatic heterocycles. The number of carbonyl (C=O) groups excluding carboxylic acids is 1. The van der Waals surface area contributed by atoms with E-state index in [2.05, 4.69) is 6.92 Å². The van der Waals surface area contributed by atoms with Gasteiger partial charge in [0.1, 0.15) is 0 Å². The summed E-state index contributed by atoms with van der Waals surface area (Å²) in [5.74, 6) is 0. The van der Waals surface area contributed by atoms with E-state index in [-0.39, 0.29) is 12.1 Å². The van der Waals surface area contributed by atoms with Gasteiger partial charge in [0.25, 0.3) is 0 Å². The minimum atomic E-state index is -0.301. The van der Waals surface area contributed by atoms with Gasteiger partial charge in [-0.25, -0.2) is 4.79 Å². The average Bonchev–Trinajstić information content (AvgIpc) is 2.14. The standard InChI is InChI=1S/C9H18ClNO2/c1-3-5-7-13-9(12)11(8-10)6-4-2/h3-8H2,1-2H3. The van der Waals surface area contributed by atoms with Crippen LogP contribution in [0.1, 0.15) is 33.1 Å². The van der Waals surface area contributed by atoms with Crippen LogP contribution in [0.4, 0.5) is 4.79 Å². The summed E-state index contributed by atoms with van der Waals surface area (Å²) < 4.78 is 4.99. The molecule has 78 valence electrons. The molecule has 0 heterocycles. The van der Waals surface area contributed by atoms with Crippen LogP contribution in [0.25, 0.3) is 0 Å². The fraction of sp³-hybridized carbons (Fsp3) is 0.889. The van der Waals surface area contributed by atoms with Crippen molar-refractivity contribution in [2.75, 3.05) is 19.2 Å². The molecule has 13 heavy (non-hydrogen) atoms. The van der Waals surface area contributed by atoms with Gasteiger partial charge in [-0.05, 0) is 12.8 Å². The van der Waals surface area contributed by atoms with E-state index in [9.17, 15) is 4.79 Å². The molecule has 4 heteroatoms. The normalized spacial score (nSPS) is 9.77. The number of rotatable bonds is 6. The van der Waals surface area contributed by atoms with Gasteiger partial charge in [0.2, 0.25) is 0 Å². The van der Waals surface area contributed by atoms with Gasteiger partial charge in [-0.2, -0.15) is 0 Å². The number of halogens is 1. The molecule has 0 spiro atoms. The summed E-state index contributed by atoms with van der Waals surface area (Å²) in [6.07, 6.45) is 2.54. The van der Waals surface area contributed by atoms with Crippen LogP contribution in [0.5, 0.6) is 0 Å². The van der Waals surface area contributed by atoms with Gasteiger partial charge in [0, 0.05) is 6.54 Å². The summed E-state index contributed by atoms with van der Waals surface area (Å²) in [4.78, 5) is 12.8. The molecule has 0 aliphatic rings. The Morgan fingerprint density at radius 1 is 1.38 bits per heavy atom. The van der Waals surface area contributed by atoms with Crippen molar-refractivity contribution in [2.45, 2.75) is 33.1 Å². The molecule has 0 fully saturated rings. The highest BCUT2D eigenvalue weighted by molar-refractivity contribution is 6.18. The molecule has 0 atom stereocenters. The highest BCUT2D eigenvalue weighted by atomic mass is 35.5. The number of carbonyl (C=O) groups is 1. The van der Waals surface area contributed by atoms with Gasteiger partial charge in [-0.1, -0.05) is 20.3 Å². The fourth-order valence-corrected chi connectivity index (χ4v) is 1.08. The lowest BCUT2D eigenvalue weighted by molar-refractivity contribution is 0.107. The monoisotopic (exact) mass is 207 g/mol. The highest BCUT2D eigenvalue weighted by Gasteiger charge is 2.11. The Kier molecular flexibility index (Phi) is 7.90. The number of unbranched alkanes of at least 4 members (excludes halogenated alkanes) is 1. The van der Waals surface area contributed by atoms with Crippen LogP contribution in [-0.4, -0.2) is 30.1 Å². The quantitative estimate of drug-likeness (QED) is 0.381. The van der Waals surface area contributed by atoms with Gasteiger partial charge < -0.3 is 4.74 Å². The molecular formula is C9H18ClNO2. The first kappa shape index (κ1) is 12.6. The van der Waals surface area contributed by atoms with E-state index in [0.29, 0.717) is 13.2 Å². The van der Waals surface area contributed by atoms with Gasteiger partial charge in [-0.15, -0.1) is 11.6 Å². The van der Waals surface area contributed by atoms with E-state index in [4.69, 9.17) is 16.3 Å². The average molecular weight is 208 g/mol.